The predicted molar refractivity (Wildman–Crippen MR) is 96.6 cm³/mol. The minimum Gasteiger partial charge on any atom is -0.472 e. The molecule has 0 aliphatic rings. The van der Waals surface area contributed by atoms with Crippen molar-refractivity contribution in [2.24, 2.45) is 0 Å². The normalized spacial score (nSPS) is 11.8. The van der Waals surface area contributed by atoms with Crippen LogP contribution in [0.3, 0.4) is 0 Å². The number of nitrogens with one attached hydrogen (secondary N) is 2. The Bertz CT molecular complexity index is 872. The van der Waals surface area contributed by atoms with Crippen molar-refractivity contribution in [3.05, 3.63) is 60.2 Å². The zero-order chi connectivity index (χ0) is 17.8. The Labute approximate surface area is 148 Å². The summed E-state index contributed by atoms with van der Waals surface area (Å²) >= 11 is 1.40. The monoisotopic (exact) mass is 355 g/mol. The molecule has 0 aliphatic heterocycles. The van der Waals surface area contributed by atoms with Crippen LogP contribution >= 0.6 is 11.3 Å². The lowest BCUT2D eigenvalue weighted by atomic mass is 10.2. The lowest BCUT2D eigenvalue weighted by Gasteiger charge is -2.12. The van der Waals surface area contributed by atoms with Crippen molar-refractivity contribution in [2.75, 3.05) is 5.32 Å². The standard InChI is InChI=1S/C18H17N3O3S/c1-11-15(13-6-4-3-5-7-13)25-18(20-11)21-16(22)12(2)19-17(23)14-8-9-24-10-14/h3-10,12H,1-2H3,(H,19,23)(H,20,21,22)/t12-/m1/s1. The Balaban J connectivity index is 1.66. The number of thiazole rings is 1. The molecule has 0 aliphatic carbocycles. The van der Waals surface area contributed by atoms with Crippen molar-refractivity contribution in [2.45, 2.75) is 19.9 Å². The number of nitrogens with zero attached hydrogens (tertiary/aromatic N) is 1. The lowest BCUT2D eigenvalue weighted by molar-refractivity contribution is -0.117. The number of benzene rings is 1. The maximum atomic E-state index is 12.3. The Morgan fingerprint density at radius 3 is 2.64 bits per heavy atom. The summed E-state index contributed by atoms with van der Waals surface area (Å²) < 4.78 is 4.86. The third-order valence-corrected chi connectivity index (χ3v) is 4.71. The first-order valence-electron chi connectivity index (χ1n) is 7.71. The van der Waals surface area contributed by atoms with Gasteiger partial charge in [-0.15, -0.1) is 0 Å². The van der Waals surface area contributed by atoms with Crippen molar-refractivity contribution in [1.29, 1.82) is 0 Å². The number of carbonyl (C=O) groups is 2. The van der Waals surface area contributed by atoms with Gasteiger partial charge in [0, 0.05) is 0 Å². The lowest BCUT2D eigenvalue weighted by Crippen LogP contribution is -2.41. The average Bonchev–Trinajstić information content (AvgIpc) is 3.25. The molecule has 0 fully saturated rings. The van der Waals surface area contributed by atoms with Gasteiger partial charge >= 0.3 is 0 Å². The van der Waals surface area contributed by atoms with Gasteiger partial charge in [-0.1, -0.05) is 41.7 Å². The van der Waals surface area contributed by atoms with Crippen LogP contribution in [0.5, 0.6) is 0 Å². The second-order valence-electron chi connectivity index (χ2n) is 5.50. The van der Waals surface area contributed by atoms with Crippen molar-refractivity contribution in [1.82, 2.24) is 10.3 Å². The summed E-state index contributed by atoms with van der Waals surface area (Å²) in [6.07, 6.45) is 2.74. The first kappa shape index (κ1) is 16.9. The van der Waals surface area contributed by atoms with Crippen molar-refractivity contribution in [3.63, 3.8) is 0 Å². The van der Waals surface area contributed by atoms with E-state index in [-0.39, 0.29) is 11.8 Å². The molecule has 0 unspecified atom stereocenters. The molecule has 3 aromatic rings. The molecule has 0 bridgehead atoms. The number of anilines is 1. The van der Waals surface area contributed by atoms with Gasteiger partial charge in [0.1, 0.15) is 12.3 Å². The fraction of sp³-hybridized carbons (Fsp3) is 0.167. The highest BCUT2D eigenvalue weighted by atomic mass is 32.1. The molecule has 2 heterocycles. The zero-order valence-corrected chi connectivity index (χ0v) is 14.6. The number of hydrogen-bond acceptors (Lipinski definition) is 5. The van der Waals surface area contributed by atoms with Gasteiger partial charge in [0.05, 0.1) is 22.4 Å². The quantitative estimate of drug-likeness (QED) is 0.734. The van der Waals surface area contributed by atoms with Crippen LogP contribution in [0.4, 0.5) is 5.13 Å². The molecule has 25 heavy (non-hydrogen) atoms. The number of aryl methyl sites for hydroxylation is 1. The van der Waals surface area contributed by atoms with Crippen LogP contribution in [0.15, 0.2) is 53.3 Å². The van der Waals surface area contributed by atoms with E-state index in [1.165, 1.54) is 29.9 Å². The van der Waals surface area contributed by atoms with Gasteiger partial charge in [-0.25, -0.2) is 4.98 Å². The molecule has 6 nitrogen and oxygen atoms in total. The minimum atomic E-state index is -0.702. The van der Waals surface area contributed by atoms with E-state index in [0.717, 1.165) is 16.1 Å². The molecule has 0 radical (unpaired) electrons. The van der Waals surface area contributed by atoms with E-state index in [9.17, 15) is 9.59 Å². The second-order valence-corrected chi connectivity index (χ2v) is 6.50. The van der Waals surface area contributed by atoms with Gasteiger partial charge in [0.15, 0.2) is 5.13 Å². The molecule has 0 spiro atoms. The van der Waals surface area contributed by atoms with Gasteiger partial charge < -0.3 is 15.1 Å². The summed E-state index contributed by atoms with van der Waals surface area (Å²) in [6.45, 7) is 3.52. The van der Waals surface area contributed by atoms with Gasteiger partial charge in [-0.2, -0.15) is 0 Å². The first-order valence-corrected chi connectivity index (χ1v) is 8.53. The number of amides is 2. The summed E-state index contributed by atoms with van der Waals surface area (Å²) in [4.78, 5) is 29.6. The number of rotatable bonds is 5. The maximum absolute atomic E-state index is 12.3. The number of aromatic nitrogens is 1. The Morgan fingerprint density at radius 1 is 1.20 bits per heavy atom. The highest BCUT2D eigenvalue weighted by Gasteiger charge is 2.19. The fourth-order valence-electron chi connectivity index (χ4n) is 2.26. The van der Waals surface area contributed by atoms with E-state index in [2.05, 4.69) is 15.6 Å². The highest BCUT2D eigenvalue weighted by Crippen LogP contribution is 2.32. The smallest absolute Gasteiger partial charge is 0.255 e. The van der Waals surface area contributed by atoms with Gasteiger partial charge in [-0.05, 0) is 25.5 Å². The summed E-state index contributed by atoms with van der Waals surface area (Å²) in [6, 6.07) is 10.7. The Hall–Kier alpha value is -2.93. The minimum absolute atomic E-state index is 0.329. The van der Waals surface area contributed by atoms with E-state index in [1.807, 2.05) is 37.3 Å². The average molecular weight is 355 g/mol. The fourth-order valence-corrected chi connectivity index (χ4v) is 3.23. The Morgan fingerprint density at radius 2 is 1.96 bits per heavy atom. The molecule has 2 N–H and O–H groups in total. The van der Waals surface area contributed by atoms with Gasteiger partial charge in [-0.3, -0.25) is 9.59 Å². The van der Waals surface area contributed by atoms with Crippen LogP contribution in [0.2, 0.25) is 0 Å². The van der Waals surface area contributed by atoms with E-state index in [0.29, 0.717) is 10.7 Å². The van der Waals surface area contributed by atoms with Crippen LogP contribution in [0.25, 0.3) is 10.4 Å². The molecule has 7 heteroatoms. The summed E-state index contributed by atoms with van der Waals surface area (Å²) in [5.74, 6) is -0.693. The molecule has 0 saturated heterocycles. The SMILES string of the molecule is Cc1nc(NC(=O)[C@@H](C)NC(=O)c2ccoc2)sc1-c1ccccc1. The third kappa shape index (κ3) is 3.95. The van der Waals surface area contributed by atoms with Gasteiger partial charge in [0.25, 0.3) is 5.91 Å². The summed E-state index contributed by atoms with van der Waals surface area (Å²) in [5, 5.41) is 5.88. The van der Waals surface area contributed by atoms with Crippen LogP contribution in [0.1, 0.15) is 23.0 Å². The molecular weight excluding hydrogens is 338 g/mol. The van der Waals surface area contributed by atoms with Crippen LogP contribution in [0, 0.1) is 6.92 Å². The molecule has 128 valence electrons. The van der Waals surface area contributed by atoms with Crippen LogP contribution in [-0.4, -0.2) is 22.8 Å². The molecule has 3 rings (SSSR count). The number of hydrogen-bond donors (Lipinski definition) is 2. The zero-order valence-electron chi connectivity index (χ0n) is 13.8. The molecule has 0 saturated carbocycles. The van der Waals surface area contributed by atoms with Crippen LogP contribution in [-0.2, 0) is 4.79 Å². The van der Waals surface area contributed by atoms with Crippen molar-refractivity contribution in [3.8, 4) is 10.4 Å². The Kier molecular flexibility index (Phi) is 4.95. The molecule has 2 amide bonds. The maximum Gasteiger partial charge on any atom is 0.255 e. The van der Waals surface area contributed by atoms with E-state index < -0.39 is 6.04 Å². The van der Waals surface area contributed by atoms with E-state index in [4.69, 9.17) is 4.42 Å². The third-order valence-electron chi connectivity index (χ3n) is 3.59. The van der Waals surface area contributed by atoms with Crippen LogP contribution < -0.4 is 10.6 Å². The topological polar surface area (TPSA) is 84.2 Å². The molecule has 2 aromatic heterocycles. The molecular formula is C18H17N3O3S. The molecule has 1 aromatic carbocycles. The highest BCUT2D eigenvalue weighted by molar-refractivity contribution is 7.19. The van der Waals surface area contributed by atoms with E-state index >= 15 is 0 Å². The summed E-state index contributed by atoms with van der Waals surface area (Å²) in [7, 11) is 0. The van der Waals surface area contributed by atoms with Crippen molar-refractivity contribution >= 4 is 28.3 Å². The largest absolute Gasteiger partial charge is 0.472 e. The predicted octanol–water partition coefficient (Wildman–Crippen LogP) is 3.47. The van der Waals surface area contributed by atoms with Crippen molar-refractivity contribution < 1.29 is 14.0 Å². The number of carbonyl (C=O) groups excluding carboxylic acids is 2. The summed E-state index contributed by atoms with van der Waals surface area (Å²) in [5.41, 5.74) is 2.28. The second kappa shape index (κ2) is 7.31. The first-order chi connectivity index (χ1) is 12.0. The molecule has 1 atom stereocenters. The number of furan rings is 1. The van der Waals surface area contributed by atoms with E-state index in [1.54, 1.807) is 6.92 Å². The van der Waals surface area contributed by atoms with Gasteiger partial charge in [0.2, 0.25) is 5.91 Å².